The molecule has 3 rings (SSSR count). The van der Waals surface area contributed by atoms with E-state index in [4.69, 9.17) is 51.1 Å². The maximum Gasteiger partial charge on any atom is 1.00 e. The Balaban J connectivity index is 0.00000456. The smallest absolute Gasteiger partial charge is 0.455 e. The van der Waals surface area contributed by atoms with Crippen molar-refractivity contribution >= 4 is 73.9 Å². The molecule has 3 aromatic carbocycles. The van der Waals surface area contributed by atoms with Crippen LogP contribution in [0.2, 0.25) is 20.1 Å². The van der Waals surface area contributed by atoms with Crippen LogP contribution in [-0.2, 0) is 16.3 Å². The van der Waals surface area contributed by atoms with Crippen molar-refractivity contribution < 1.29 is 65.2 Å². The first-order chi connectivity index (χ1) is 16.2. The quantitative estimate of drug-likeness (QED) is 0.278. The van der Waals surface area contributed by atoms with Crippen molar-refractivity contribution in [3.63, 3.8) is 0 Å². The summed E-state index contributed by atoms with van der Waals surface area (Å²) in [5.74, 6) is -0.235. The normalized spacial score (nSPS) is 11.4. The molecule has 0 saturated carbocycles. The van der Waals surface area contributed by atoms with Crippen molar-refractivity contribution in [2.75, 3.05) is 10.6 Å². The molecule has 3 N–H and O–H groups in total. The molecular formula is C20H11Cl4F3N2NaO5S+. The van der Waals surface area contributed by atoms with Crippen LogP contribution in [0.5, 0.6) is 11.5 Å². The van der Waals surface area contributed by atoms with Crippen LogP contribution in [0.1, 0.15) is 5.56 Å². The molecule has 0 aliphatic rings. The van der Waals surface area contributed by atoms with E-state index in [2.05, 4.69) is 10.6 Å². The van der Waals surface area contributed by atoms with Gasteiger partial charge in [-0.3, -0.25) is 4.55 Å². The molecule has 0 spiro atoms. The largest absolute Gasteiger partial charge is 1.00 e. The monoisotopic (exact) mass is 611 g/mol. The molecule has 7 nitrogen and oxygen atoms in total. The third kappa shape index (κ3) is 7.56. The van der Waals surface area contributed by atoms with Crippen LogP contribution in [0, 0.1) is 0 Å². The van der Waals surface area contributed by atoms with Crippen LogP contribution in [0.15, 0.2) is 53.4 Å². The van der Waals surface area contributed by atoms with Gasteiger partial charge in [-0.15, -0.1) is 0 Å². The summed E-state index contributed by atoms with van der Waals surface area (Å²) in [7, 11) is -5.01. The zero-order chi connectivity index (χ0) is 26.1. The molecule has 16 heteroatoms. The molecule has 0 bridgehead atoms. The first kappa shape index (κ1) is 30.8. The molecule has 3 aromatic rings. The summed E-state index contributed by atoms with van der Waals surface area (Å²) in [5.41, 5.74) is -2.13. The first-order valence-electron chi connectivity index (χ1n) is 9.04. The summed E-state index contributed by atoms with van der Waals surface area (Å²) in [6.07, 6.45) is -4.79. The maximum atomic E-state index is 13.1. The second kappa shape index (κ2) is 12.0. The molecule has 0 aliphatic carbocycles. The van der Waals surface area contributed by atoms with Crippen molar-refractivity contribution in [2.24, 2.45) is 0 Å². The van der Waals surface area contributed by atoms with Gasteiger partial charge in [-0.25, -0.2) is 4.79 Å². The number of benzene rings is 3. The van der Waals surface area contributed by atoms with Gasteiger partial charge in [-0.1, -0.05) is 46.4 Å². The van der Waals surface area contributed by atoms with Crippen LogP contribution < -0.4 is 44.9 Å². The van der Waals surface area contributed by atoms with Crippen molar-refractivity contribution in [1.82, 2.24) is 0 Å². The molecule has 0 atom stereocenters. The van der Waals surface area contributed by atoms with Crippen LogP contribution in [0.25, 0.3) is 0 Å². The Kier molecular flexibility index (Phi) is 10.2. The van der Waals surface area contributed by atoms with E-state index in [0.717, 1.165) is 18.2 Å². The zero-order valence-electron chi connectivity index (χ0n) is 17.8. The number of ether oxygens (including phenoxy) is 1. The standard InChI is InChI=1S/C20H11Cl4F3N2O5S.Na/c21-12-3-1-9(7-11(12)20(25,26)27)28-19(30)29-17-16(6-5-14(23)18(17)35(31,32)33)34-10-2-4-13(22)15(24)8-10;/h1-8H,(H2,28,29,30)(H,31,32,33);/q;+1. The predicted octanol–water partition coefficient (Wildman–Crippen LogP) is 5.01. The summed E-state index contributed by atoms with van der Waals surface area (Å²) < 4.78 is 78.5. The van der Waals surface area contributed by atoms with Crippen LogP contribution in [-0.4, -0.2) is 19.0 Å². The number of carbonyl (C=O) groups is 1. The second-order valence-electron chi connectivity index (χ2n) is 6.67. The molecule has 0 radical (unpaired) electrons. The van der Waals surface area contributed by atoms with Gasteiger partial charge in [0.05, 0.1) is 25.7 Å². The Hall–Kier alpha value is -1.41. The van der Waals surface area contributed by atoms with Crippen molar-refractivity contribution in [1.29, 1.82) is 0 Å². The minimum Gasteiger partial charge on any atom is -0.455 e. The molecule has 36 heavy (non-hydrogen) atoms. The predicted molar refractivity (Wildman–Crippen MR) is 127 cm³/mol. The van der Waals surface area contributed by atoms with Gasteiger partial charge in [0.1, 0.15) is 16.3 Å². The van der Waals surface area contributed by atoms with Crippen molar-refractivity contribution in [3.05, 3.63) is 74.2 Å². The van der Waals surface area contributed by atoms with E-state index in [1.54, 1.807) is 0 Å². The van der Waals surface area contributed by atoms with Gasteiger partial charge in [0.15, 0.2) is 5.75 Å². The number of nitrogens with one attached hydrogen (secondary N) is 2. The summed E-state index contributed by atoms with van der Waals surface area (Å²) >= 11 is 23.3. The summed E-state index contributed by atoms with van der Waals surface area (Å²) in [4.78, 5) is 11.7. The topological polar surface area (TPSA) is 105 Å². The molecule has 0 fully saturated rings. The Morgan fingerprint density at radius 2 is 1.47 bits per heavy atom. The van der Waals surface area contributed by atoms with Crippen LogP contribution in [0.4, 0.5) is 29.3 Å². The third-order valence-corrected chi connectivity index (χ3v) is 6.65. The van der Waals surface area contributed by atoms with Gasteiger partial charge in [-0.2, -0.15) is 21.6 Å². The van der Waals surface area contributed by atoms with Crippen molar-refractivity contribution in [3.8, 4) is 11.5 Å². The maximum absolute atomic E-state index is 13.1. The van der Waals surface area contributed by atoms with E-state index in [1.807, 2.05) is 0 Å². The van der Waals surface area contributed by atoms with E-state index < -0.39 is 48.5 Å². The number of hydrogen-bond acceptors (Lipinski definition) is 4. The Labute approximate surface area is 244 Å². The van der Waals surface area contributed by atoms with Gasteiger partial charge in [-0.05, 0) is 42.5 Å². The van der Waals surface area contributed by atoms with Gasteiger partial charge in [0.2, 0.25) is 0 Å². The number of urea groups is 1. The number of anilines is 2. The summed E-state index contributed by atoms with van der Waals surface area (Å²) in [6, 6.07) is 7.72. The van der Waals surface area contributed by atoms with Gasteiger partial charge in [0, 0.05) is 11.8 Å². The number of alkyl halides is 3. The molecule has 0 unspecified atom stereocenters. The Morgan fingerprint density at radius 3 is 2.06 bits per heavy atom. The van der Waals surface area contributed by atoms with E-state index in [-0.39, 0.29) is 56.8 Å². The van der Waals surface area contributed by atoms with E-state index in [1.165, 1.54) is 24.3 Å². The van der Waals surface area contributed by atoms with Gasteiger partial charge >= 0.3 is 41.8 Å². The number of halogens is 7. The number of amides is 2. The molecule has 0 aromatic heterocycles. The van der Waals surface area contributed by atoms with Gasteiger partial charge in [0.25, 0.3) is 10.1 Å². The van der Waals surface area contributed by atoms with Crippen LogP contribution >= 0.6 is 46.4 Å². The fraction of sp³-hybridized carbons (Fsp3) is 0.0500. The third-order valence-electron chi connectivity index (χ3n) is 4.22. The van der Waals surface area contributed by atoms with E-state index in [0.29, 0.717) is 6.07 Å². The zero-order valence-corrected chi connectivity index (χ0v) is 23.6. The summed E-state index contributed by atoms with van der Waals surface area (Å²) in [5, 5.41) is 3.47. The fourth-order valence-electron chi connectivity index (χ4n) is 2.76. The average Bonchev–Trinajstić information content (AvgIpc) is 2.72. The Morgan fingerprint density at radius 1 is 0.861 bits per heavy atom. The fourth-order valence-corrected chi connectivity index (χ4v) is 4.45. The average molecular weight is 613 g/mol. The number of rotatable bonds is 5. The molecule has 0 aliphatic heterocycles. The van der Waals surface area contributed by atoms with Gasteiger partial charge < -0.3 is 15.4 Å². The minimum atomic E-state index is -5.01. The Bertz CT molecular complexity index is 1430. The number of carbonyl (C=O) groups excluding carboxylic acids is 1. The minimum absolute atomic E-state index is 0. The SMILES string of the molecule is O=C(Nc1ccc(Cl)c(C(F)(F)F)c1)Nc1c(Oc2ccc(Cl)c(Cl)c2)ccc(Cl)c1S(=O)(=O)O.[Na+]. The molecule has 0 heterocycles. The van der Waals surface area contributed by atoms with Crippen molar-refractivity contribution in [2.45, 2.75) is 11.1 Å². The molecule has 0 saturated heterocycles. The first-order valence-corrected chi connectivity index (χ1v) is 12.0. The number of hydrogen-bond donors (Lipinski definition) is 3. The van der Waals surface area contributed by atoms with E-state index in [9.17, 15) is 30.9 Å². The summed E-state index contributed by atoms with van der Waals surface area (Å²) in [6.45, 7) is 0. The molecular weight excluding hydrogens is 602 g/mol. The second-order valence-corrected chi connectivity index (χ2v) is 9.66. The molecule has 2 amide bonds. The molecule has 186 valence electrons. The van der Waals surface area contributed by atoms with Crippen LogP contribution in [0.3, 0.4) is 0 Å². The van der Waals surface area contributed by atoms with E-state index >= 15 is 0 Å².